The van der Waals surface area contributed by atoms with E-state index in [1.54, 1.807) is 11.4 Å². The van der Waals surface area contributed by atoms with E-state index < -0.39 is 0 Å². The van der Waals surface area contributed by atoms with Gasteiger partial charge in [-0.1, -0.05) is 47.0 Å². The van der Waals surface area contributed by atoms with Crippen LogP contribution in [0.4, 0.5) is 0 Å². The fraction of sp³-hybridized carbons (Fsp3) is 0.895. The fourth-order valence-corrected chi connectivity index (χ4v) is 4.37. The minimum Gasteiger partial charge on any atom is -0.379 e. The SMILES string of the molecule is CCCC(CCC)C1=C(N(C)C)[C@H](CCC)[C@H](CC)N1C. The molecule has 0 aliphatic carbocycles. The second kappa shape index (κ2) is 8.70. The van der Waals surface area contributed by atoms with Gasteiger partial charge in [0.05, 0.1) is 0 Å². The van der Waals surface area contributed by atoms with Gasteiger partial charge in [0.2, 0.25) is 0 Å². The van der Waals surface area contributed by atoms with Crippen LogP contribution in [-0.4, -0.2) is 37.0 Å². The van der Waals surface area contributed by atoms with Crippen LogP contribution in [0.15, 0.2) is 11.4 Å². The maximum Gasteiger partial charge on any atom is 0.0377 e. The normalized spacial score (nSPS) is 22.6. The lowest BCUT2D eigenvalue weighted by Crippen LogP contribution is -2.32. The smallest absolute Gasteiger partial charge is 0.0377 e. The molecule has 2 nitrogen and oxygen atoms in total. The summed E-state index contributed by atoms with van der Waals surface area (Å²) < 4.78 is 0. The first-order valence-corrected chi connectivity index (χ1v) is 9.17. The van der Waals surface area contributed by atoms with Crippen LogP contribution in [0, 0.1) is 11.8 Å². The summed E-state index contributed by atoms with van der Waals surface area (Å²) in [5.74, 6) is 1.48. The molecule has 2 atom stereocenters. The van der Waals surface area contributed by atoms with E-state index in [0.29, 0.717) is 6.04 Å². The molecule has 0 fully saturated rings. The lowest BCUT2D eigenvalue weighted by atomic mass is 9.89. The molecule has 1 aliphatic rings. The number of hydrogen-bond donors (Lipinski definition) is 0. The van der Waals surface area contributed by atoms with Crippen molar-refractivity contribution in [3.05, 3.63) is 11.4 Å². The van der Waals surface area contributed by atoms with Gasteiger partial charge in [0.25, 0.3) is 0 Å². The highest BCUT2D eigenvalue weighted by Crippen LogP contribution is 2.43. The van der Waals surface area contributed by atoms with Crippen LogP contribution in [0.1, 0.15) is 72.6 Å². The summed E-state index contributed by atoms with van der Waals surface area (Å²) in [4.78, 5) is 5.06. The average Bonchev–Trinajstić information content (AvgIpc) is 2.71. The summed E-state index contributed by atoms with van der Waals surface area (Å²) in [7, 11) is 6.85. The third-order valence-corrected chi connectivity index (χ3v) is 5.12. The molecule has 0 aromatic heterocycles. The Kier molecular flexibility index (Phi) is 7.62. The van der Waals surface area contributed by atoms with Gasteiger partial charge in [-0.15, -0.1) is 0 Å². The molecule has 0 bridgehead atoms. The van der Waals surface area contributed by atoms with E-state index in [-0.39, 0.29) is 0 Å². The van der Waals surface area contributed by atoms with Gasteiger partial charge in [-0.05, 0) is 25.7 Å². The number of nitrogens with zero attached hydrogens (tertiary/aromatic N) is 2. The Hall–Kier alpha value is -0.660. The van der Waals surface area contributed by atoms with Crippen LogP contribution in [0.25, 0.3) is 0 Å². The zero-order valence-corrected chi connectivity index (χ0v) is 15.6. The van der Waals surface area contributed by atoms with Crippen LogP contribution < -0.4 is 0 Å². The second-order valence-corrected chi connectivity index (χ2v) is 6.92. The first kappa shape index (κ1) is 18.4. The van der Waals surface area contributed by atoms with E-state index in [2.05, 4.69) is 58.6 Å². The highest BCUT2D eigenvalue weighted by Gasteiger charge is 2.40. The molecule has 0 aromatic carbocycles. The zero-order chi connectivity index (χ0) is 16.0. The second-order valence-electron chi connectivity index (χ2n) is 6.92. The van der Waals surface area contributed by atoms with Gasteiger partial charge >= 0.3 is 0 Å². The van der Waals surface area contributed by atoms with Crippen LogP contribution in [0.3, 0.4) is 0 Å². The minimum atomic E-state index is 0.702. The fourth-order valence-electron chi connectivity index (χ4n) is 4.37. The number of hydrogen-bond acceptors (Lipinski definition) is 2. The van der Waals surface area contributed by atoms with Gasteiger partial charge in [0, 0.05) is 50.4 Å². The average molecular weight is 295 g/mol. The standard InChI is InChI=1S/C19H38N2/c1-8-12-15(13-9-2)18-19(20(5)6)16(14-10-3)17(11-4)21(18)7/h15-17H,8-14H2,1-7H3/t16-,17+/m1/s1. The maximum atomic E-state index is 2.64. The van der Waals surface area contributed by atoms with E-state index in [0.717, 1.165) is 11.8 Å². The molecule has 0 saturated heterocycles. The van der Waals surface area contributed by atoms with Crippen molar-refractivity contribution in [1.82, 2.24) is 9.80 Å². The molecule has 1 aliphatic heterocycles. The first-order chi connectivity index (χ1) is 10.0. The molecule has 0 unspecified atom stereocenters. The molecule has 124 valence electrons. The predicted molar refractivity (Wildman–Crippen MR) is 94.3 cm³/mol. The molecule has 0 radical (unpaired) electrons. The van der Waals surface area contributed by atoms with E-state index in [4.69, 9.17) is 0 Å². The molecule has 0 saturated carbocycles. The van der Waals surface area contributed by atoms with Gasteiger partial charge in [-0.2, -0.15) is 0 Å². The molecule has 0 spiro atoms. The maximum absolute atomic E-state index is 2.64. The molecular weight excluding hydrogens is 256 g/mol. The summed E-state index contributed by atoms with van der Waals surface area (Å²) in [6, 6.07) is 0.702. The Balaban J connectivity index is 3.22. The summed E-state index contributed by atoms with van der Waals surface area (Å²) in [5, 5.41) is 0. The molecule has 2 heteroatoms. The van der Waals surface area contributed by atoms with Gasteiger partial charge < -0.3 is 9.80 Å². The first-order valence-electron chi connectivity index (χ1n) is 9.17. The highest BCUT2D eigenvalue weighted by atomic mass is 15.2. The highest BCUT2D eigenvalue weighted by molar-refractivity contribution is 5.26. The summed E-state index contributed by atoms with van der Waals surface area (Å²) >= 11 is 0. The number of allylic oxidation sites excluding steroid dienone is 1. The van der Waals surface area contributed by atoms with Gasteiger partial charge in [-0.3, -0.25) is 0 Å². The van der Waals surface area contributed by atoms with Crippen LogP contribution in [0.5, 0.6) is 0 Å². The largest absolute Gasteiger partial charge is 0.379 e. The lowest BCUT2D eigenvalue weighted by molar-refractivity contribution is 0.235. The zero-order valence-electron chi connectivity index (χ0n) is 15.6. The van der Waals surface area contributed by atoms with E-state index >= 15 is 0 Å². The summed E-state index contributed by atoms with van der Waals surface area (Å²) in [6.45, 7) is 9.34. The van der Waals surface area contributed by atoms with E-state index in [1.807, 2.05) is 0 Å². The third-order valence-electron chi connectivity index (χ3n) is 5.12. The van der Waals surface area contributed by atoms with E-state index in [1.165, 1.54) is 44.9 Å². The molecule has 0 amide bonds. The molecule has 1 heterocycles. The van der Waals surface area contributed by atoms with Crippen molar-refractivity contribution in [3.63, 3.8) is 0 Å². The van der Waals surface area contributed by atoms with Crippen molar-refractivity contribution in [2.75, 3.05) is 21.1 Å². The Labute approximate surface area is 133 Å². The van der Waals surface area contributed by atoms with Crippen molar-refractivity contribution in [1.29, 1.82) is 0 Å². The van der Waals surface area contributed by atoms with Crippen molar-refractivity contribution in [2.24, 2.45) is 11.8 Å². The van der Waals surface area contributed by atoms with Crippen molar-refractivity contribution in [2.45, 2.75) is 78.7 Å². The Bertz CT molecular complexity index is 326. The lowest BCUT2D eigenvalue weighted by Gasteiger charge is -2.31. The van der Waals surface area contributed by atoms with E-state index in [9.17, 15) is 0 Å². The van der Waals surface area contributed by atoms with Gasteiger partial charge in [0.1, 0.15) is 0 Å². The Morgan fingerprint density at radius 2 is 1.57 bits per heavy atom. The summed E-state index contributed by atoms with van der Waals surface area (Å²) in [5.41, 5.74) is 3.30. The Morgan fingerprint density at radius 1 is 1.00 bits per heavy atom. The van der Waals surface area contributed by atoms with Crippen LogP contribution in [-0.2, 0) is 0 Å². The number of rotatable bonds is 9. The molecule has 1 rings (SSSR count). The predicted octanol–water partition coefficient (Wildman–Crippen LogP) is 5.12. The van der Waals surface area contributed by atoms with Crippen LogP contribution in [0.2, 0.25) is 0 Å². The third kappa shape index (κ3) is 3.96. The minimum absolute atomic E-state index is 0.702. The summed E-state index contributed by atoms with van der Waals surface area (Å²) in [6.07, 6.45) is 9.11. The van der Waals surface area contributed by atoms with Crippen molar-refractivity contribution < 1.29 is 0 Å². The molecule has 21 heavy (non-hydrogen) atoms. The molecule has 0 N–H and O–H groups in total. The van der Waals surface area contributed by atoms with Gasteiger partial charge in [0.15, 0.2) is 0 Å². The van der Waals surface area contributed by atoms with Crippen molar-refractivity contribution >= 4 is 0 Å². The van der Waals surface area contributed by atoms with Gasteiger partial charge in [-0.25, -0.2) is 0 Å². The molecular formula is C19H38N2. The molecule has 0 aromatic rings. The monoisotopic (exact) mass is 294 g/mol. The topological polar surface area (TPSA) is 6.48 Å². The van der Waals surface area contributed by atoms with Crippen LogP contribution >= 0.6 is 0 Å². The van der Waals surface area contributed by atoms with Crippen molar-refractivity contribution in [3.8, 4) is 0 Å². The Morgan fingerprint density at radius 3 is 1.95 bits per heavy atom. The quantitative estimate of drug-likeness (QED) is 0.582.